The lowest BCUT2D eigenvalue weighted by atomic mass is 9.92. The van der Waals surface area contributed by atoms with Crippen LogP contribution >= 0.6 is 15.9 Å². The van der Waals surface area contributed by atoms with Crippen LogP contribution in [0.4, 0.5) is 11.4 Å². The molecule has 19 heavy (non-hydrogen) atoms. The molecule has 0 aliphatic heterocycles. The van der Waals surface area contributed by atoms with Crippen LogP contribution in [0.3, 0.4) is 0 Å². The summed E-state index contributed by atoms with van der Waals surface area (Å²) in [6, 6.07) is 5.32. The number of nitro groups is 1. The Morgan fingerprint density at radius 1 is 1.47 bits per heavy atom. The van der Waals surface area contributed by atoms with Crippen molar-refractivity contribution >= 4 is 27.3 Å². The fourth-order valence-corrected chi connectivity index (χ4v) is 2.84. The first-order chi connectivity index (χ1) is 9.10. The highest BCUT2D eigenvalue weighted by Crippen LogP contribution is 2.31. The fourth-order valence-electron chi connectivity index (χ4n) is 2.49. The lowest BCUT2D eigenvalue weighted by molar-refractivity contribution is -0.384. The monoisotopic (exact) mass is 328 g/mol. The summed E-state index contributed by atoms with van der Waals surface area (Å²) in [6.45, 7) is 0. The predicted octanol–water partition coefficient (Wildman–Crippen LogP) is 3.73. The molecule has 6 heteroatoms. The van der Waals surface area contributed by atoms with Gasteiger partial charge in [-0.2, -0.15) is 0 Å². The molecule has 0 aromatic heterocycles. The van der Waals surface area contributed by atoms with E-state index >= 15 is 0 Å². The predicted molar refractivity (Wildman–Crippen MR) is 77.5 cm³/mol. The van der Waals surface area contributed by atoms with Crippen molar-refractivity contribution in [2.24, 2.45) is 0 Å². The van der Waals surface area contributed by atoms with Gasteiger partial charge in [-0.05, 0) is 37.8 Å². The van der Waals surface area contributed by atoms with Gasteiger partial charge >= 0.3 is 0 Å². The Bertz CT molecular complexity index is 467. The van der Waals surface area contributed by atoms with Crippen molar-refractivity contribution < 1.29 is 9.66 Å². The maximum absolute atomic E-state index is 11.1. The molecule has 2 atom stereocenters. The zero-order valence-corrected chi connectivity index (χ0v) is 12.4. The van der Waals surface area contributed by atoms with Crippen molar-refractivity contribution in [2.75, 3.05) is 12.4 Å². The first-order valence-electron chi connectivity index (χ1n) is 6.33. The Balaban J connectivity index is 2.12. The molecule has 1 aliphatic carbocycles. The maximum Gasteiger partial charge on any atom is 0.293 e. The van der Waals surface area contributed by atoms with Crippen LogP contribution in [0.15, 0.2) is 22.7 Å². The third-order valence-electron chi connectivity index (χ3n) is 3.48. The molecule has 1 aromatic rings. The van der Waals surface area contributed by atoms with Crippen molar-refractivity contribution in [1.29, 1.82) is 0 Å². The summed E-state index contributed by atoms with van der Waals surface area (Å²) in [7, 11) is 1.72. The van der Waals surface area contributed by atoms with Gasteiger partial charge in [0, 0.05) is 23.7 Å². The van der Waals surface area contributed by atoms with Crippen molar-refractivity contribution in [1.82, 2.24) is 0 Å². The third-order valence-corrected chi connectivity index (χ3v) is 3.97. The molecule has 1 N–H and O–H groups in total. The first kappa shape index (κ1) is 14.3. The first-order valence-corrected chi connectivity index (χ1v) is 7.12. The normalized spacial score (nSPS) is 23.1. The number of methoxy groups -OCH3 is 1. The largest absolute Gasteiger partial charge is 0.381 e. The van der Waals surface area contributed by atoms with E-state index < -0.39 is 0 Å². The molecule has 0 amide bonds. The van der Waals surface area contributed by atoms with Crippen LogP contribution in [0.5, 0.6) is 0 Å². The number of halogens is 1. The van der Waals surface area contributed by atoms with Crippen LogP contribution in [0, 0.1) is 10.1 Å². The molecule has 1 saturated carbocycles. The molecule has 0 bridgehead atoms. The second-order valence-corrected chi connectivity index (χ2v) is 5.70. The van der Waals surface area contributed by atoms with Gasteiger partial charge in [0.05, 0.1) is 11.0 Å². The standard InChI is InChI=1S/C13H17BrN2O3/c1-19-11-4-2-3-10(8-11)15-12-6-5-9(14)7-13(12)16(17)18/h5-7,10-11,15H,2-4,8H2,1H3. The quantitative estimate of drug-likeness (QED) is 0.675. The number of rotatable bonds is 4. The lowest BCUT2D eigenvalue weighted by Crippen LogP contribution is -2.31. The molecular formula is C13H17BrN2O3. The van der Waals surface area contributed by atoms with E-state index in [1.807, 2.05) is 6.07 Å². The zero-order chi connectivity index (χ0) is 13.8. The van der Waals surface area contributed by atoms with Crippen molar-refractivity contribution in [3.8, 4) is 0 Å². The zero-order valence-electron chi connectivity index (χ0n) is 10.8. The van der Waals surface area contributed by atoms with Crippen molar-refractivity contribution in [2.45, 2.75) is 37.8 Å². The van der Waals surface area contributed by atoms with Crippen LogP contribution in [-0.2, 0) is 4.74 Å². The van der Waals surface area contributed by atoms with Crippen molar-refractivity contribution in [3.63, 3.8) is 0 Å². The van der Waals surface area contributed by atoms with Gasteiger partial charge in [-0.15, -0.1) is 0 Å². The van der Waals surface area contributed by atoms with Gasteiger partial charge in [-0.25, -0.2) is 0 Å². The number of nitrogens with one attached hydrogen (secondary N) is 1. The van der Waals surface area contributed by atoms with Crippen LogP contribution in [0.25, 0.3) is 0 Å². The highest BCUT2D eigenvalue weighted by Gasteiger charge is 2.24. The number of nitrogens with zero attached hydrogens (tertiary/aromatic N) is 1. The summed E-state index contributed by atoms with van der Waals surface area (Å²) in [5.74, 6) is 0. The second-order valence-electron chi connectivity index (χ2n) is 4.78. The molecule has 1 aliphatic rings. The van der Waals surface area contributed by atoms with Gasteiger partial charge in [-0.1, -0.05) is 15.9 Å². The SMILES string of the molecule is COC1CCCC(Nc2ccc(Br)cc2[N+](=O)[O-])C1. The minimum atomic E-state index is -0.357. The summed E-state index contributed by atoms with van der Waals surface area (Å²) in [6.07, 6.45) is 4.31. The topological polar surface area (TPSA) is 64.4 Å². The molecule has 2 rings (SSSR count). The van der Waals surface area contributed by atoms with E-state index in [0.29, 0.717) is 10.2 Å². The van der Waals surface area contributed by atoms with Crippen LogP contribution in [-0.4, -0.2) is 24.2 Å². The molecule has 104 valence electrons. The summed E-state index contributed by atoms with van der Waals surface area (Å²) < 4.78 is 6.09. The number of hydrogen-bond acceptors (Lipinski definition) is 4. The highest BCUT2D eigenvalue weighted by molar-refractivity contribution is 9.10. The summed E-state index contributed by atoms with van der Waals surface area (Å²) in [4.78, 5) is 10.7. The number of nitro benzene ring substituents is 1. The molecule has 0 spiro atoms. The molecule has 1 fully saturated rings. The van der Waals surface area contributed by atoms with E-state index in [-0.39, 0.29) is 22.8 Å². The Hall–Kier alpha value is -1.14. The summed E-state index contributed by atoms with van der Waals surface area (Å²) in [5.41, 5.74) is 0.684. The van der Waals surface area contributed by atoms with E-state index in [4.69, 9.17) is 4.74 Å². The Morgan fingerprint density at radius 2 is 2.26 bits per heavy atom. The molecular weight excluding hydrogens is 312 g/mol. The molecule has 1 aromatic carbocycles. The molecule has 5 nitrogen and oxygen atoms in total. The number of ether oxygens (including phenoxy) is 1. The minimum Gasteiger partial charge on any atom is -0.381 e. The van der Waals surface area contributed by atoms with E-state index in [0.717, 1.165) is 25.7 Å². The number of hydrogen-bond donors (Lipinski definition) is 1. The average molecular weight is 329 g/mol. The average Bonchev–Trinajstić information content (AvgIpc) is 2.41. The Kier molecular flexibility index (Phi) is 4.76. The van der Waals surface area contributed by atoms with Crippen LogP contribution in [0.1, 0.15) is 25.7 Å². The van der Waals surface area contributed by atoms with Gasteiger partial charge in [0.2, 0.25) is 0 Å². The lowest BCUT2D eigenvalue weighted by Gasteiger charge is -2.29. The van der Waals surface area contributed by atoms with E-state index in [2.05, 4.69) is 21.2 Å². The summed E-state index contributed by atoms with van der Waals surface area (Å²) in [5, 5.41) is 14.3. The Morgan fingerprint density at radius 3 is 2.95 bits per heavy atom. The van der Waals surface area contributed by atoms with Crippen LogP contribution in [0.2, 0.25) is 0 Å². The van der Waals surface area contributed by atoms with Crippen LogP contribution < -0.4 is 5.32 Å². The van der Waals surface area contributed by atoms with Gasteiger partial charge < -0.3 is 10.1 Å². The highest BCUT2D eigenvalue weighted by atomic mass is 79.9. The summed E-state index contributed by atoms with van der Waals surface area (Å²) >= 11 is 3.26. The van der Waals surface area contributed by atoms with E-state index in [9.17, 15) is 10.1 Å². The van der Waals surface area contributed by atoms with Gasteiger partial charge in [0.15, 0.2) is 0 Å². The van der Waals surface area contributed by atoms with Gasteiger partial charge in [-0.3, -0.25) is 10.1 Å². The molecule has 0 radical (unpaired) electrons. The molecule has 2 unspecified atom stereocenters. The minimum absolute atomic E-state index is 0.105. The maximum atomic E-state index is 11.1. The van der Waals surface area contributed by atoms with Gasteiger partial charge in [0.1, 0.15) is 5.69 Å². The van der Waals surface area contributed by atoms with E-state index in [1.165, 1.54) is 6.07 Å². The smallest absolute Gasteiger partial charge is 0.293 e. The third kappa shape index (κ3) is 3.67. The van der Waals surface area contributed by atoms with E-state index in [1.54, 1.807) is 13.2 Å². The molecule has 0 saturated heterocycles. The number of anilines is 1. The number of benzene rings is 1. The fraction of sp³-hybridized carbons (Fsp3) is 0.538. The van der Waals surface area contributed by atoms with Crippen molar-refractivity contribution in [3.05, 3.63) is 32.8 Å². The second kappa shape index (κ2) is 6.34. The Labute approximate surface area is 120 Å². The molecule has 0 heterocycles. The van der Waals surface area contributed by atoms with Gasteiger partial charge in [0.25, 0.3) is 5.69 Å².